The molecule has 4 nitrogen and oxygen atoms in total. The van der Waals surface area contributed by atoms with Gasteiger partial charge in [0.25, 0.3) is 0 Å². The van der Waals surface area contributed by atoms with Crippen molar-refractivity contribution in [2.45, 2.75) is 0 Å². The van der Waals surface area contributed by atoms with Crippen LogP contribution in [0.25, 0.3) is 0 Å². The van der Waals surface area contributed by atoms with Gasteiger partial charge in [0.2, 0.25) is 0 Å². The van der Waals surface area contributed by atoms with Crippen LogP contribution in [0.15, 0.2) is 18.7 Å². The molecule has 0 saturated carbocycles. The summed E-state index contributed by atoms with van der Waals surface area (Å²) >= 11 is 4.11. The molecule has 0 atom stereocenters. The summed E-state index contributed by atoms with van der Waals surface area (Å²) in [6.45, 7) is 3.60. The van der Waals surface area contributed by atoms with E-state index in [9.17, 15) is 0 Å². The highest BCUT2D eigenvalue weighted by molar-refractivity contribution is 7.77. The number of rotatable bonds is 0. The summed E-state index contributed by atoms with van der Waals surface area (Å²) in [6.07, 6.45) is 5.08. The van der Waals surface area contributed by atoms with Gasteiger partial charge in [-0.2, -0.15) is 0 Å². The van der Waals surface area contributed by atoms with E-state index in [1.807, 2.05) is 4.31 Å². The molecule has 0 amide bonds. The van der Waals surface area contributed by atoms with Crippen molar-refractivity contribution >= 4 is 12.8 Å². The van der Waals surface area contributed by atoms with Gasteiger partial charge in [0, 0.05) is 25.5 Å². The summed E-state index contributed by atoms with van der Waals surface area (Å²) in [5, 5.41) is 0. The molecule has 14 heavy (non-hydrogen) atoms. The molecule has 1 N–H and O–H groups in total. The van der Waals surface area contributed by atoms with Gasteiger partial charge in [0.15, 0.2) is 0 Å². The summed E-state index contributed by atoms with van der Waals surface area (Å²) in [5.74, 6) is 0. The number of hydrogen-bond acceptors (Lipinski definition) is 4. The predicted octanol–water partition coefficient (Wildman–Crippen LogP) is 0.878. The van der Waals surface area contributed by atoms with Gasteiger partial charge in [-0.1, -0.05) is 12.8 Å². The van der Waals surface area contributed by atoms with Gasteiger partial charge in [-0.3, -0.25) is 9.41 Å². The summed E-state index contributed by atoms with van der Waals surface area (Å²) in [7, 11) is 0. The molecule has 0 spiro atoms. The fourth-order valence-corrected chi connectivity index (χ4v) is 0.932. The average Bonchev–Trinajstić information content (AvgIpc) is 2.62. The fraction of sp³-hybridized carbons (Fsp3) is 0.571. The van der Waals surface area contributed by atoms with E-state index in [-0.39, 0.29) is 9.41 Å². The molecular weight excluding hydrogens is 212 g/mol. The minimum absolute atomic E-state index is 0. The molecular formula is C7H15F2N3OS. The first-order valence-electron chi connectivity index (χ1n) is 3.84. The van der Waals surface area contributed by atoms with Crippen molar-refractivity contribution in [2.75, 3.05) is 26.3 Å². The molecule has 1 aliphatic rings. The van der Waals surface area contributed by atoms with Crippen molar-refractivity contribution in [1.29, 1.82) is 0 Å². The number of thiol groups is 1. The van der Waals surface area contributed by atoms with Crippen molar-refractivity contribution < 1.29 is 14.1 Å². The Labute approximate surface area is 86.9 Å². The van der Waals surface area contributed by atoms with E-state index in [0.29, 0.717) is 0 Å². The van der Waals surface area contributed by atoms with Crippen molar-refractivity contribution in [3.63, 3.8) is 0 Å². The third-order valence-electron chi connectivity index (χ3n) is 1.39. The van der Waals surface area contributed by atoms with Crippen LogP contribution >= 0.6 is 12.8 Å². The van der Waals surface area contributed by atoms with Gasteiger partial charge < -0.3 is 9.72 Å². The monoisotopic (exact) mass is 227 g/mol. The minimum Gasteiger partial charge on any atom is -0.379 e. The molecule has 0 radical (unpaired) electrons. The molecule has 0 bridgehead atoms. The van der Waals surface area contributed by atoms with Crippen LogP contribution in [0.4, 0.5) is 9.41 Å². The van der Waals surface area contributed by atoms with Crippen LogP contribution in [0.2, 0.25) is 0 Å². The summed E-state index contributed by atoms with van der Waals surface area (Å²) in [6, 6.07) is 0. The lowest BCUT2D eigenvalue weighted by atomic mass is 10.5. The van der Waals surface area contributed by atoms with Crippen molar-refractivity contribution in [1.82, 2.24) is 14.3 Å². The highest BCUT2D eigenvalue weighted by atomic mass is 32.1. The molecule has 2 rings (SSSR count). The van der Waals surface area contributed by atoms with Crippen LogP contribution in [0, 0.1) is 0 Å². The average molecular weight is 227 g/mol. The van der Waals surface area contributed by atoms with Gasteiger partial charge >= 0.3 is 0 Å². The Hall–Kier alpha value is -0.660. The number of imidazole rings is 1. The van der Waals surface area contributed by atoms with Gasteiger partial charge in [0.05, 0.1) is 19.5 Å². The lowest BCUT2D eigenvalue weighted by Gasteiger charge is -2.19. The number of H-pyrrole nitrogens is 1. The molecule has 0 aromatic carbocycles. The van der Waals surface area contributed by atoms with E-state index in [2.05, 4.69) is 22.8 Å². The highest BCUT2D eigenvalue weighted by Crippen LogP contribution is 1.97. The predicted molar refractivity (Wildman–Crippen MR) is 55.0 cm³/mol. The van der Waals surface area contributed by atoms with E-state index >= 15 is 0 Å². The summed E-state index contributed by atoms with van der Waals surface area (Å²) < 4.78 is 7.01. The van der Waals surface area contributed by atoms with E-state index in [1.54, 1.807) is 18.7 Å². The maximum absolute atomic E-state index is 5.05. The first-order chi connectivity index (χ1) is 5.89. The molecule has 7 heteroatoms. The van der Waals surface area contributed by atoms with Crippen LogP contribution in [0.5, 0.6) is 0 Å². The largest absolute Gasteiger partial charge is 0.379 e. The number of hydrogen-bond donors (Lipinski definition) is 2. The lowest BCUT2D eigenvalue weighted by molar-refractivity contribution is 0.0781. The maximum atomic E-state index is 5.05. The zero-order valence-corrected chi connectivity index (χ0v) is 8.52. The molecule has 1 fully saturated rings. The Morgan fingerprint density at radius 1 is 1.29 bits per heavy atom. The number of nitrogens with one attached hydrogen (secondary N) is 1. The van der Waals surface area contributed by atoms with Gasteiger partial charge in [-0.15, -0.1) is 0 Å². The third-order valence-corrected chi connectivity index (χ3v) is 1.79. The highest BCUT2D eigenvalue weighted by Gasteiger charge is 2.03. The molecule has 1 aromatic heterocycles. The molecule has 2 heterocycles. The standard InChI is InChI=1S/C4H9NOS.C3H4N2.2FH/c7-5-1-3-6-4-2-5;1-2-5-3-4-1;;/h7H,1-4H2;1-3H,(H,4,5);2*1H. The van der Waals surface area contributed by atoms with Crippen molar-refractivity contribution in [3.05, 3.63) is 18.7 Å². The second kappa shape index (κ2) is 10.4. The normalized spacial score (nSPS) is 15.5. The zero-order chi connectivity index (χ0) is 8.65. The lowest BCUT2D eigenvalue weighted by Crippen LogP contribution is -2.28. The van der Waals surface area contributed by atoms with Crippen LogP contribution in [-0.2, 0) is 4.74 Å². The van der Waals surface area contributed by atoms with Crippen molar-refractivity contribution in [2.24, 2.45) is 0 Å². The first kappa shape index (κ1) is 15.8. The van der Waals surface area contributed by atoms with E-state index < -0.39 is 0 Å². The number of aromatic amines is 1. The van der Waals surface area contributed by atoms with E-state index in [4.69, 9.17) is 4.74 Å². The zero-order valence-electron chi connectivity index (χ0n) is 7.63. The Balaban J connectivity index is 0. The Bertz CT molecular complexity index is 166. The molecule has 1 aliphatic heterocycles. The number of halogens is 2. The Morgan fingerprint density at radius 2 is 1.93 bits per heavy atom. The van der Waals surface area contributed by atoms with Crippen molar-refractivity contribution in [3.8, 4) is 0 Å². The Kier molecular flexibility index (Phi) is 11.8. The number of nitrogens with zero attached hydrogens (tertiary/aromatic N) is 2. The number of aromatic nitrogens is 2. The van der Waals surface area contributed by atoms with Crippen LogP contribution in [0.1, 0.15) is 0 Å². The van der Waals surface area contributed by atoms with Crippen LogP contribution in [-0.4, -0.2) is 40.6 Å². The molecule has 0 aliphatic carbocycles. The summed E-state index contributed by atoms with van der Waals surface area (Å²) in [5.41, 5.74) is 0. The minimum atomic E-state index is 0. The van der Waals surface area contributed by atoms with E-state index in [1.165, 1.54) is 0 Å². The molecule has 1 saturated heterocycles. The quantitative estimate of drug-likeness (QED) is 0.646. The first-order valence-corrected chi connectivity index (χ1v) is 4.24. The third kappa shape index (κ3) is 7.96. The topological polar surface area (TPSA) is 41.1 Å². The van der Waals surface area contributed by atoms with Gasteiger partial charge in [-0.25, -0.2) is 9.29 Å². The smallest absolute Gasteiger partial charge is 0.0919 e. The molecule has 84 valence electrons. The second-order valence-electron chi connectivity index (χ2n) is 2.33. The van der Waals surface area contributed by atoms with Crippen LogP contribution < -0.4 is 0 Å². The Morgan fingerprint density at radius 3 is 2.14 bits per heavy atom. The second-order valence-corrected chi connectivity index (χ2v) is 2.89. The fourth-order valence-electron chi connectivity index (χ4n) is 0.769. The molecule has 0 unspecified atom stereocenters. The number of ether oxygens (including phenoxy) is 1. The number of morpholine rings is 1. The SMILES string of the molecule is F.F.SN1CCOCC1.c1c[nH]cn1. The maximum Gasteiger partial charge on any atom is 0.0919 e. The molecule has 1 aromatic rings. The van der Waals surface area contributed by atoms with E-state index in [0.717, 1.165) is 26.3 Å². The van der Waals surface area contributed by atoms with Gasteiger partial charge in [0.1, 0.15) is 0 Å². The van der Waals surface area contributed by atoms with Crippen LogP contribution in [0.3, 0.4) is 0 Å². The summed E-state index contributed by atoms with van der Waals surface area (Å²) in [4.78, 5) is 6.42. The van der Waals surface area contributed by atoms with Gasteiger partial charge in [-0.05, 0) is 0 Å².